The molecule has 0 aliphatic carbocycles. The summed E-state index contributed by atoms with van der Waals surface area (Å²) in [5.74, 6) is -6.47. The molecule has 6 heteroatoms. The van der Waals surface area contributed by atoms with E-state index in [9.17, 15) is 22.8 Å². The molecule has 0 heterocycles. The number of ketones is 1. The number of hydrogen-bond acceptors (Lipinski definition) is 2. The number of carbonyl (C=O) groups is 2. The fourth-order valence-electron chi connectivity index (χ4n) is 1.71. The molecule has 0 aliphatic rings. The second-order valence-corrected chi connectivity index (χ2v) is 3.93. The van der Waals surface area contributed by atoms with Gasteiger partial charge < -0.3 is 5.11 Å². The molecular formula is C14H7F3O3. The maximum Gasteiger partial charge on any atom is 0.336 e. The highest BCUT2D eigenvalue weighted by atomic mass is 19.2. The van der Waals surface area contributed by atoms with Crippen molar-refractivity contribution in [1.29, 1.82) is 0 Å². The van der Waals surface area contributed by atoms with Gasteiger partial charge in [0.25, 0.3) is 0 Å². The molecule has 0 saturated heterocycles. The molecule has 1 N–H and O–H groups in total. The zero-order valence-electron chi connectivity index (χ0n) is 9.86. The van der Waals surface area contributed by atoms with Gasteiger partial charge in [-0.15, -0.1) is 0 Å². The maximum atomic E-state index is 13.5. The second-order valence-electron chi connectivity index (χ2n) is 3.93. The smallest absolute Gasteiger partial charge is 0.336 e. The summed E-state index contributed by atoms with van der Waals surface area (Å²) < 4.78 is 39.4. The van der Waals surface area contributed by atoms with E-state index in [0.29, 0.717) is 6.07 Å². The van der Waals surface area contributed by atoms with E-state index < -0.39 is 34.8 Å². The number of halogens is 3. The van der Waals surface area contributed by atoms with Crippen molar-refractivity contribution in [3.05, 3.63) is 70.5 Å². The lowest BCUT2D eigenvalue weighted by atomic mass is 9.98. The highest BCUT2D eigenvalue weighted by Gasteiger charge is 2.22. The first kappa shape index (κ1) is 13.8. The Morgan fingerprint density at radius 1 is 0.800 bits per heavy atom. The number of carboxylic acids is 1. The van der Waals surface area contributed by atoms with Crippen molar-refractivity contribution in [2.75, 3.05) is 0 Å². The molecule has 2 aromatic rings. The Labute approximate surface area is 111 Å². The van der Waals surface area contributed by atoms with Crippen molar-refractivity contribution in [2.24, 2.45) is 0 Å². The summed E-state index contributed by atoms with van der Waals surface area (Å²) in [7, 11) is 0. The molecular weight excluding hydrogens is 273 g/mol. The minimum absolute atomic E-state index is 0.242. The molecule has 0 bridgehead atoms. The van der Waals surface area contributed by atoms with Gasteiger partial charge in [-0.25, -0.2) is 18.0 Å². The Hall–Kier alpha value is -2.63. The SMILES string of the molecule is O=C(O)c1ccccc1C(=O)c1cc(F)c(F)cc1F. The largest absolute Gasteiger partial charge is 0.478 e. The average Bonchev–Trinajstić information content (AvgIpc) is 2.42. The molecule has 0 amide bonds. The van der Waals surface area contributed by atoms with Gasteiger partial charge in [-0.3, -0.25) is 4.79 Å². The van der Waals surface area contributed by atoms with Crippen molar-refractivity contribution in [2.45, 2.75) is 0 Å². The predicted molar refractivity (Wildman–Crippen MR) is 63.1 cm³/mol. The number of benzene rings is 2. The molecule has 0 aliphatic heterocycles. The zero-order valence-corrected chi connectivity index (χ0v) is 9.86. The van der Waals surface area contributed by atoms with E-state index in [2.05, 4.69) is 0 Å². The van der Waals surface area contributed by atoms with E-state index >= 15 is 0 Å². The van der Waals surface area contributed by atoms with E-state index in [1.807, 2.05) is 0 Å². The van der Waals surface area contributed by atoms with E-state index in [0.717, 1.165) is 6.07 Å². The van der Waals surface area contributed by atoms with Gasteiger partial charge in [0, 0.05) is 11.6 Å². The molecule has 20 heavy (non-hydrogen) atoms. The van der Waals surface area contributed by atoms with E-state index in [4.69, 9.17) is 5.11 Å². The third kappa shape index (κ3) is 2.40. The third-order valence-corrected chi connectivity index (χ3v) is 2.66. The lowest BCUT2D eigenvalue weighted by molar-refractivity contribution is 0.0692. The second kappa shape index (κ2) is 5.16. The van der Waals surface area contributed by atoms with Gasteiger partial charge in [-0.2, -0.15) is 0 Å². The van der Waals surface area contributed by atoms with Crippen LogP contribution in [0.25, 0.3) is 0 Å². The molecule has 0 radical (unpaired) electrons. The molecule has 0 atom stereocenters. The van der Waals surface area contributed by atoms with Crippen LogP contribution in [0.5, 0.6) is 0 Å². The number of carboxylic acid groups (broad SMARTS) is 1. The van der Waals surface area contributed by atoms with Gasteiger partial charge in [-0.1, -0.05) is 18.2 Å². The molecule has 0 saturated carbocycles. The Bertz CT molecular complexity index is 711. The molecule has 0 fully saturated rings. The summed E-state index contributed by atoms with van der Waals surface area (Å²) in [5.41, 5.74) is -1.37. The average molecular weight is 280 g/mol. The number of aromatic carboxylic acids is 1. The van der Waals surface area contributed by atoms with E-state index in [-0.39, 0.29) is 17.2 Å². The zero-order chi connectivity index (χ0) is 14.9. The molecule has 0 aromatic heterocycles. The summed E-state index contributed by atoms with van der Waals surface area (Å²) in [5, 5.41) is 8.95. The summed E-state index contributed by atoms with van der Waals surface area (Å²) in [6.07, 6.45) is 0. The third-order valence-electron chi connectivity index (χ3n) is 2.66. The quantitative estimate of drug-likeness (QED) is 0.694. The van der Waals surface area contributed by atoms with Crippen LogP contribution in [-0.4, -0.2) is 16.9 Å². The van der Waals surface area contributed by atoms with Gasteiger partial charge in [0.2, 0.25) is 0 Å². The van der Waals surface area contributed by atoms with Crippen LogP contribution in [0, 0.1) is 17.5 Å². The van der Waals surface area contributed by atoms with Crippen molar-refractivity contribution in [3.63, 3.8) is 0 Å². The Morgan fingerprint density at radius 3 is 1.95 bits per heavy atom. The number of carbonyl (C=O) groups excluding carboxylic acids is 1. The first-order valence-corrected chi connectivity index (χ1v) is 5.43. The van der Waals surface area contributed by atoms with E-state index in [1.54, 1.807) is 0 Å². The summed E-state index contributed by atoms with van der Waals surface area (Å²) in [4.78, 5) is 23.0. The Balaban J connectivity index is 2.58. The maximum absolute atomic E-state index is 13.5. The lowest BCUT2D eigenvalue weighted by Crippen LogP contribution is -2.11. The van der Waals surface area contributed by atoms with Crippen molar-refractivity contribution in [3.8, 4) is 0 Å². The molecule has 2 aromatic carbocycles. The van der Waals surface area contributed by atoms with Crippen LogP contribution in [0.1, 0.15) is 26.3 Å². The minimum atomic E-state index is -1.43. The van der Waals surface area contributed by atoms with Gasteiger partial charge in [0.15, 0.2) is 17.4 Å². The van der Waals surface area contributed by atoms with Gasteiger partial charge >= 0.3 is 5.97 Å². The number of rotatable bonds is 3. The molecule has 102 valence electrons. The van der Waals surface area contributed by atoms with Crippen LogP contribution >= 0.6 is 0 Å². The first-order valence-electron chi connectivity index (χ1n) is 5.43. The first-order chi connectivity index (χ1) is 9.41. The number of hydrogen-bond donors (Lipinski definition) is 1. The van der Waals surface area contributed by atoms with Gasteiger partial charge in [0.05, 0.1) is 11.1 Å². The predicted octanol–water partition coefficient (Wildman–Crippen LogP) is 3.03. The van der Waals surface area contributed by atoms with Crippen molar-refractivity contribution < 1.29 is 27.9 Å². The van der Waals surface area contributed by atoms with Crippen molar-refractivity contribution in [1.82, 2.24) is 0 Å². The summed E-state index contributed by atoms with van der Waals surface area (Å²) >= 11 is 0. The summed E-state index contributed by atoms with van der Waals surface area (Å²) in [6.45, 7) is 0. The van der Waals surface area contributed by atoms with Gasteiger partial charge in [-0.05, 0) is 12.1 Å². The molecule has 0 unspecified atom stereocenters. The Morgan fingerprint density at radius 2 is 1.35 bits per heavy atom. The summed E-state index contributed by atoms with van der Waals surface area (Å²) in [6, 6.07) is 5.76. The van der Waals surface area contributed by atoms with Crippen LogP contribution in [0.3, 0.4) is 0 Å². The lowest BCUT2D eigenvalue weighted by Gasteiger charge is -2.06. The fourth-order valence-corrected chi connectivity index (χ4v) is 1.71. The van der Waals surface area contributed by atoms with Crippen molar-refractivity contribution >= 4 is 11.8 Å². The minimum Gasteiger partial charge on any atom is -0.478 e. The molecule has 0 spiro atoms. The molecule has 2 rings (SSSR count). The van der Waals surface area contributed by atoms with E-state index in [1.165, 1.54) is 18.2 Å². The van der Waals surface area contributed by atoms with Crippen LogP contribution < -0.4 is 0 Å². The van der Waals surface area contributed by atoms with Gasteiger partial charge in [0.1, 0.15) is 5.82 Å². The van der Waals surface area contributed by atoms with Crippen LogP contribution in [0.15, 0.2) is 36.4 Å². The van der Waals surface area contributed by atoms with Crippen LogP contribution in [0.2, 0.25) is 0 Å². The topological polar surface area (TPSA) is 54.4 Å². The fraction of sp³-hybridized carbons (Fsp3) is 0. The van der Waals surface area contributed by atoms with Crippen LogP contribution in [-0.2, 0) is 0 Å². The monoisotopic (exact) mass is 280 g/mol. The normalized spacial score (nSPS) is 10.3. The Kier molecular flexibility index (Phi) is 3.56. The highest BCUT2D eigenvalue weighted by molar-refractivity contribution is 6.14. The highest BCUT2D eigenvalue weighted by Crippen LogP contribution is 2.19. The standard InChI is InChI=1S/C14H7F3O3/c15-10-6-12(17)11(16)5-9(10)13(18)7-3-1-2-4-8(7)14(19)20/h1-6H,(H,19,20). The molecule has 3 nitrogen and oxygen atoms in total. The van der Waals surface area contributed by atoms with Crippen LogP contribution in [0.4, 0.5) is 13.2 Å².